The monoisotopic (exact) mass is 395 g/mol. The van der Waals surface area contributed by atoms with Crippen molar-refractivity contribution < 1.29 is 4.74 Å². The molecule has 0 saturated heterocycles. The molecular formula is C23H26ClN3O. The largest absolute Gasteiger partial charge is 0.455 e. The fourth-order valence-electron chi connectivity index (χ4n) is 3.61. The van der Waals surface area contributed by atoms with E-state index in [0.717, 1.165) is 29.7 Å². The minimum atomic E-state index is 0.487. The molecule has 0 radical (unpaired) electrons. The van der Waals surface area contributed by atoms with Gasteiger partial charge in [0.2, 0.25) is 0 Å². The van der Waals surface area contributed by atoms with E-state index >= 15 is 0 Å². The zero-order valence-electron chi connectivity index (χ0n) is 16.3. The first kappa shape index (κ1) is 18.9. The molecule has 2 aromatic rings. The number of halogens is 1. The van der Waals surface area contributed by atoms with Crippen molar-refractivity contribution in [3.8, 4) is 11.5 Å². The van der Waals surface area contributed by atoms with E-state index in [2.05, 4.69) is 36.3 Å². The highest BCUT2D eigenvalue weighted by Gasteiger charge is 2.26. The molecule has 1 fully saturated rings. The van der Waals surface area contributed by atoms with Crippen LogP contribution >= 0.6 is 11.6 Å². The Bertz CT molecular complexity index is 920. The van der Waals surface area contributed by atoms with E-state index < -0.39 is 0 Å². The lowest BCUT2D eigenvalue weighted by Gasteiger charge is -2.35. The van der Waals surface area contributed by atoms with Crippen molar-refractivity contribution >= 4 is 29.1 Å². The van der Waals surface area contributed by atoms with Gasteiger partial charge >= 0.3 is 0 Å². The Balaban J connectivity index is 1.82. The zero-order chi connectivity index (χ0) is 19.7. The van der Waals surface area contributed by atoms with E-state index in [1.54, 1.807) is 0 Å². The number of anilines is 1. The molecule has 1 saturated carbocycles. The molecule has 4 nitrogen and oxygen atoms in total. The van der Waals surface area contributed by atoms with Crippen LogP contribution in [-0.2, 0) is 6.42 Å². The predicted molar refractivity (Wildman–Crippen MR) is 117 cm³/mol. The summed E-state index contributed by atoms with van der Waals surface area (Å²) in [6, 6.07) is 12.8. The average molecular weight is 396 g/mol. The van der Waals surface area contributed by atoms with Crippen LogP contribution in [0.1, 0.15) is 37.3 Å². The molecule has 2 aromatic carbocycles. The van der Waals surface area contributed by atoms with E-state index in [1.165, 1.54) is 30.3 Å². The highest BCUT2D eigenvalue weighted by atomic mass is 35.5. The molecule has 4 rings (SSSR count). The highest BCUT2D eigenvalue weighted by Crippen LogP contribution is 2.43. The van der Waals surface area contributed by atoms with Crippen LogP contribution in [0.15, 0.2) is 42.6 Å². The number of para-hydroxylation sites is 1. The first-order valence-electron chi connectivity index (χ1n) is 9.86. The summed E-state index contributed by atoms with van der Waals surface area (Å²) in [6.45, 7) is 2.24. The molecule has 0 aromatic heterocycles. The predicted octanol–water partition coefficient (Wildman–Crippen LogP) is 5.65. The number of nitrogens with one attached hydrogen (secondary N) is 2. The van der Waals surface area contributed by atoms with Gasteiger partial charge in [-0.2, -0.15) is 0 Å². The molecule has 1 atom stereocenters. The molecule has 5 heteroatoms. The van der Waals surface area contributed by atoms with Gasteiger partial charge in [-0.25, -0.2) is 0 Å². The van der Waals surface area contributed by atoms with Gasteiger partial charge < -0.3 is 20.4 Å². The minimum absolute atomic E-state index is 0.487. The fourth-order valence-corrected chi connectivity index (χ4v) is 3.78. The van der Waals surface area contributed by atoms with Gasteiger partial charge in [-0.05, 0) is 56.9 Å². The van der Waals surface area contributed by atoms with Crippen molar-refractivity contribution in [1.29, 1.82) is 5.41 Å². The molecule has 1 unspecified atom stereocenters. The molecule has 2 N–H and O–H groups in total. The molecule has 1 heterocycles. The fraction of sp³-hybridized carbons (Fsp3) is 0.348. The van der Waals surface area contributed by atoms with Crippen LogP contribution in [0.3, 0.4) is 0 Å². The Morgan fingerprint density at radius 3 is 2.71 bits per heavy atom. The van der Waals surface area contributed by atoms with Crippen LogP contribution in [-0.4, -0.2) is 25.3 Å². The molecule has 0 spiro atoms. The summed E-state index contributed by atoms with van der Waals surface area (Å²) in [5, 5.41) is 11.9. The maximum atomic E-state index is 7.97. The van der Waals surface area contributed by atoms with Gasteiger partial charge in [-0.1, -0.05) is 23.7 Å². The van der Waals surface area contributed by atoms with Crippen molar-refractivity contribution in [1.82, 2.24) is 5.32 Å². The number of fused-ring (bicyclic) bond motifs is 1. The summed E-state index contributed by atoms with van der Waals surface area (Å²) >= 11 is 6.38. The molecular weight excluding hydrogens is 370 g/mol. The summed E-state index contributed by atoms with van der Waals surface area (Å²) in [5.74, 6) is 1.44. The van der Waals surface area contributed by atoms with Crippen molar-refractivity contribution in [2.75, 3.05) is 11.9 Å². The lowest BCUT2D eigenvalue weighted by molar-refractivity contribution is 0.467. The number of hydrogen-bond acceptors (Lipinski definition) is 4. The van der Waals surface area contributed by atoms with E-state index in [-0.39, 0.29) is 0 Å². The van der Waals surface area contributed by atoms with Gasteiger partial charge in [-0.15, -0.1) is 0 Å². The van der Waals surface area contributed by atoms with Crippen LogP contribution in [0.4, 0.5) is 5.69 Å². The van der Waals surface area contributed by atoms with Gasteiger partial charge in [0.1, 0.15) is 11.5 Å². The number of rotatable bonds is 6. The maximum absolute atomic E-state index is 7.97. The van der Waals surface area contributed by atoms with E-state index in [9.17, 15) is 0 Å². The number of nitrogens with zero attached hydrogens (tertiary/aromatic N) is 1. The van der Waals surface area contributed by atoms with E-state index in [4.69, 9.17) is 21.7 Å². The van der Waals surface area contributed by atoms with Gasteiger partial charge in [0, 0.05) is 53.9 Å². The summed E-state index contributed by atoms with van der Waals surface area (Å²) in [7, 11) is 2.13. The first-order chi connectivity index (χ1) is 13.6. The highest BCUT2D eigenvalue weighted by molar-refractivity contribution is 6.32. The quantitative estimate of drug-likeness (QED) is 0.621. The van der Waals surface area contributed by atoms with E-state index in [0.29, 0.717) is 22.9 Å². The molecule has 1 aliphatic heterocycles. The SMILES string of the molecule is CC1CCc2c(ccc(/C(C=N)=C/NC3CC3)c2Oc2ccccc2Cl)N1C. The van der Waals surface area contributed by atoms with Crippen molar-refractivity contribution in [2.24, 2.45) is 0 Å². The van der Waals surface area contributed by atoms with Gasteiger partial charge in [0.05, 0.1) is 5.02 Å². The number of benzene rings is 2. The maximum Gasteiger partial charge on any atom is 0.146 e. The Morgan fingerprint density at radius 2 is 2.00 bits per heavy atom. The third-order valence-corrected chi connectivity index (χ3v) is 5.97. The summed E-state index contributed by atoms with van der Waals surface area (Å²) in [6.07, 6.45) is 7.73. The first-order valence-corrected chi connectivity index (χ1v) is 10.2. The van der Waals surface area contributed by atoms with Crippen LogP contribution in [0, 0.1) is 5.41 Å². The molecule has 146 valence electrons. The number of ether oxygens (including phenoxy) is 1. The smallest absolute Gasteiger partial charge is 0.146 e. The molecule has 28 heavy (non-hydrogen) atoms. The van der Waals surface area contributed by atoms with Crippen LogP contribution in [0.25, 0.3) is 5.57 Å². The van der Waals surface area contributed by atoms with Crippen molar-refractivity contribution in [3.63, 3.8) is 0 Å². The Morgan fingerprint density at radius 1 is 1.21 bits per heavy atom. The summed E-state index contributed by atoms with van der Waals surface area (Å²) < 4.78 is 6.40. The molecule has 1 aliphatic carbocycles. The lowest BCUT2D eigenvalue weighted by atomic mass is 9.92. The molecule has 2 aliphatic rings. The number of hydrogen-bond donors (Lipinski definition) is 2. The van der Waals surface area contributed by atoms with Gasteiger partial charge in [-0.3, -0.25) is 0 Å². The normalized spacial score (nSPS) is 19.2. The third kappa shape index (κ3) is 3.74. The Labute approximate surface area is 171 Å². The van der Waals surface area contributed by atoms with Crippen LogP contribution in [0.5, 0.6) is 11.5 Å². The van der Waals surface area contributed by atoms with Gasteiger partial charge in [0.15, 0.2) is 0 Å². The van der Waals surface area contributed by atoms with Gasteiger partial charge in [0.25, 0.3) is 0 Å². The second-order valence-corrected chi connectivity index (χ2v) is 8.06. The minimum Gasteiger partial charge on any atom is -0.455 e. The zero-order valence-corrected chi connectivity index (χ0v) is 17.1. The van der Waals surface area contributed by atoms with Crippen LogP contribution in [0.2, 0.25) is 5.02 Å². The Kier molecular flexibility index (Phi) is 5.31. The summed E-state index contributed by atoms with van der Waals surface area (Å²) in [5.41, 5.74) is 4.10. The number of allylic oxidation sites excluding steroid dienone is 1. The van der Waals surface area contributed by atoms with Crippen LogP contribution < -0.4 is 15.0 Å². The average Bonchev–Trinajstić information content (AvgIpc) is 3.52. The lowest BCUT2D eigenvalue weighted by Crippen LogP contribution is -2.33. The topological polar surface area (TPSA) is 48.4 Å². The second-order valence-electron chi connectivity index (χ2n) is 7.66. The Hall–Kier alpha value is -2.46. The molecule has 0 bridgehead atoms. The van der Waals surface area contributed by atoms with E-state index in [1.807, 2.05) is 30.5 Å². The molecule has 0 amide bonds. The van der Waals surface area contributed by atoms with Crippen molar-refractivity contribution in [2.45, 2.75) is 44.7 Å². The second kappa shape index (κ2) is 7.88. The standard InChI is InChI=1S/C23H26ClN3O/c1-15-7-10-19-21(27(15)2)12-11-18(16(13-25)14-26-17-8-9-17)23(19)28-22-6-4-3-5-20(22)24/h3-6,11-15,17,25-26H,7-10H2,1-2H3/b16-14+,25-13?. The summed E-state index contributed by atoms with van der Waals surface area (Å²) in [4.78, 5) is 2.30. The van der Waals surface area contributed by atoms with Crippen molar-refractivity contribution in [3.05, 3.63) is 58.7 Å². The third-order valence-electron chi connectivity index (χ3n) is 5.66.